The summed E-state index contributed by atoms with van der Waals surface area (Å²) in [5, 5.41) is 0. The predicted molar refractivity (Wildman–Crippen MR) is 91.9 cm³/mol. The Bertz CT molecular complexity index is 810. The van der Waals surface area contributed by atoms with E-state index in [1.807, 2.05) is 31.2 Å². The predicted octanol–water partition coefficient (Wildman–Crippen LogP) is 6.41. The van der Waals surface area contributed by atoms with E-state index in [1.165, 1.54) is 23.3 Å². The van der Waals surface area contributed by atoms with E-state index >= 15 is 0 Å². The molecule has 0 amide bonds. The lowest BCUT2D eigenvalue weighted by molar-refractivity contribution is 0.632. The van der Waals surface area contributed by atoms with Gasteiger partial charge in [-0.2, -0.15) is 0 Å². The molecule has 110 valence electrons. The summed E-state index contributed by atoms with van der Waals surface area (Å²) < 4.78 is 14.5. The van der Waals surface area contributed by atoms with Crippen molar-refractivity contribution in [3.05, 3.63) is 70.9 Å². The zero-order valence-corrected chi connectivity index (χ0v) is 13.3. The van der Waals surface area contributed by atoms with E-state index in [1.54, 1.807) is 17.4 Å². The average molecular weight is 308 g/mol. The van der Waals surface area contributed by atoms with Crippen molar-refractivity contribution in [1.29, 1.82) is 0 Å². The summed E-state index contributed by atoms with van der Waals surface area (Å²) >= 11 is 1.63. The second kappa shape index (κ2) is 5.36. The Balaban J connectivity index is 1.66. The summed E-state index contributed by atoms with van der Waals surface area (Å²) in [7, 11) is 0. The zero-order chi connectivity index (χ0) is 15.1. The van der Waals surface area contributed by atoms with E-state index < -0.39 is 0 Å². The maximum Gasteiger partial charge on any atom is 0.132 e. The van der Waals surface area contributed by atoms with Crippen LogP contribution in [0.5, 0.6) is 0 Å². The van der Waals surface area contributed by atoms with Gasteiger partial charge in [0.2, 0.25) is 0 Å². The van der Waals surface area contributed by atoms with Gasteiger partial charge in [-0.1, -0.05) is 30.3 Å². The molecular weight excluding hydrogens is 291 g/mol. The number of benzene rings is 2. The minimum atomic E-state index is -0.148. The summed E-state index contributed by atoms with van der Waals surface area (Å²) in [6.45, 7) is 2.04. The minimum Gasteiger partial charge on any atom is -0.206 e. The molecule has 1 aromatic heterocycles. The van der Waals surface area contributed by atoms with Gasteiger partial charge >= 0.3 is 0 Å². The van der Waals surface area contributed by atoms with Gasteiger partial charge in [-0.3, -0.25) is 0 Å². The second-order valence-corrected chi connectivity index (χ2v) is 7.29. The van der Waals surface area contributed by atoms with Gasteiger partial charge in [0.15, 0.2) is 0 Å². The fourth-order valence-electron chi connectivity index (χ4n) is 2.84. The lowest BCUT2D eigenvalue weighted by atomic mass is 10.0. The first kappa shape index (κ1) is 13.7. The van der Waals surface area contributed by atoms with E-state index in [0.29, 0.717) is 5.56 Å². The Labute approximate surface area is 134 Å². The Morgan fingerprint density at radius 3 is 2.23 bits per heavy atom. The number of hydrogen-bond acceptors (Lipinski definition) is 1. The number of rotatable bonds is 3. The summed E-state index contributed by atoms with van der Waals surface area (Å²) in [6, 6.07) is 18.2. The third-order valence-corrected chi connectivity index (χ3v) is 5.30. The molecule has 0 atom stereocenters. The topological polar surface area (TPSA) is 0 Å². The number of aryl methyl sites for hydroxylation is 1. The molecular formula is C20H17FS. The quantitative estimate of drug-likeness (QED) is 0.524. The molecule has 22 heavy (non-hydrogen) atoms. The molecule has 2 aromatic carbocycles. The van der Waals surface area contributed by atoms with Crippen molar-refractivity contribution in [2.45, 2.75) is 25.7 Å². The van der Waals surface area contributed by atoms with Gasteiger partial charge in [-0.15, -0.1) is 11.3 Å². The highest BCUT2D eigenvalue weighted by Gasteiger charge is 2.23. The van der Waals surface area contributed by atoms with Crippen LogP contribution in [-0.4, -0.2) is 0 Å². The van der Waals surface area contributed by atoms with Gasteiger partial charge in [-0.05, 0) is 66.6 Å². The maximum atomic E-state index is 14.5. The van der Waals surface area contributed by atoms with Crippen LogP contribution in [0.2, 0.25) is 0 Å². The van der Waals surface area contributed by atoms with Crippen molar-refractivity contribution >= 4 is 11.3 Å². The highest BCUT2D eigenvalue weighted by atomic mass is 32.1. The van der Waals surface area contributed by atoms with Crippen molar-refractivity contribution < 1.29 is 4.39 Å². The van der Waals surface area contributed by atoms with Crippen molar-refractivity contribution in [3.8, 4) is 21.6 Å². The average Bonchev–Trinajstić information content (AvgIpc) is 3.29. The van der Waals surface area contributed by atoms with Crippen LogP contribution >= 0.6 is 11.3 Å². The first-order valence-corrected chi connectivity index (χ1v) is 8.49. The van der Waals surface area contributed by atoms with E-state index in [2.05, 4.69) is 24.3 Å². The molecule has 4 rings (SSSR count). The standard InChI is InChI=1S/C20H17FS/c1-13-2-11-20(22-13)18-10-9-17(12-19(18)21)16-7-5-15(6-8-16)14-3-4-14/h2,5-12,14H,3-4H2,1H3. The molecule has 2 heteroatoms. The Kier molecular flexibility index (Phi) is 3.34. The minimum absolute atomic E-state index is 0.148. The summed E-state index contributed by atoms with van der Waals surface area (Å²) in [4.78, 5) is 2.19. The van der Waals surface area contributed by atoms with E-state index in [4.69, 9.17) is 0 Å². The van der Waals surface area contributed by atoms with Crippen LogP contribution < -0.4 is 0 Å². The molecule has 0 saturated heterocycles. The van der Waals surface area contributed by atoms with Crippen molar-refractivity contribution in [1.82, 2.24) is 0 Å². The number of halogens is 1. The first-order chi connectivity index (χ1) is 10.7. The molecule has 1 aliphatic rings. The normalized spacial score (nSPS) is 14.3. The van der Waals surface area contributed by atoms with E-state index in [9.17, 15) is 4.39 Å². The first-order valence-electron chi connectivity index (χ1n) is 7.67. The summed E-state index contributed by atoms with van der Waals surface area (Å²) in [5.74, 6) is 0.612. The molecule has 0 spiro atoms. The van der Waals surface area contributed by atoms with Gasteiger partial charge in [0, 0.05) is 15.3 Å². The van der Waals surface area contributed by atoms with Crippen LogP contribution in [0.1, 0.15) is 29.2 Å². The van der Waals surface area contributed by atoms with Gasteiger partial charge in [-0.25, -0.2) is 4.39 Å². The van der Waals surface area contributed by atoms with Crippen LogP contribution in [0.15, 0.2) is 54.6 Å². The van der Waals surface area contributed by atoms with Gasteiger partial charge in [0.25, 0.3) is 0 Å². The maximum absolute atomic E-state index is 14.5. The van der Waals surface area contributed by atoms with Crippen molar-refractivity contribution in [2.24, 2.45) is 0 Å². The van der Waals surface area contributed by atoms with Crippen LogP contribution in [0.4, 0.5) is 4.39 Å². The monoisotopic (exact) mass is 308 g/mol. The third kappa shape index (κ3) is 2.59. The molecule has 0 N–H and O–H groups in total. The fourth-order valence-corrected chi connectivity index (χ4v) is 3.73. The van der Waals surface area contributed by atoms with E-state index in [-0.39, 0.29) is 5.82 Å². The van der Waals surface area contributed by atoms with Crippen molar-refractivity contribution in [3.63, 3.8) is 0 Å². The van der Waals surface area contributed by atoms with Gasteiger partial charge < -0.3 is 0 Å². The SMILES string of the molecule is Cc1ccc(-c2ccc(-c3ccc(C4CC4)cc3)cc2F)s1. The van der Waals surface area contributed by atoms with Crippen LogP contribution in [-0.2, 0) is 0 Å². The lowest BCUT2D eigenvalue weighted by Crippen LogP contribution is -1.86. The Morgan fingerprint density at radius 1 is 0.909 bits per heavy atom. The molecule has 3 aromatic rings. The third-order valence-electron chi connectivity index (χ3n) is 4.27. The van der Waals surface area contributed by atoms with Gasteiger partial charge in [0.05, 0.1) is 0 Å². The molecule has 1 heterocycles. The molecule has 0 aliphatic heterocycles. The number of hydrogen-bond donors (Lipinski definition) is 0. The molecule has 0 bridgehead atoms. The molecule has 0 unspecified atom stereocenters. The largest absolute Gasteiger partial charge is 0.206 e. The summed E-state index contributed by atoms with van der Waals surface area (Å²) in [5.41, 5.74) is 4.13. The second-order valence-electron chi connectivity index (χ2n) is 6.00. The molecule has 1 aliphatic carbocycles. The molecule has 1 saturated carbocycles. The van der Waals surface area contributed by atoms with Crippen molar-refractivity contribution in [2.75, 3.05) is 0 Å². The zero-order valence-electron chi connectivity index (χ0n) is 12.5. The molecule has 0 radical (unpaired) electrons. The summed E-state index contributed by atoms with van der Waals surface area (Å²) in [6.07, 6.45) is 2.62. The smallest absolute Gasteiger partial charge is 0.132 e. The highest BCUT2D eigenvalue weighted by molar-refractivity contribution is 7.15. The Morgan fingerprint density at radius 2 is 1.64 bits per heavy atom. The molecule has 0 nitrogen and oxygen atoms in total. The fraction of sp³-hybridized carbons (Fsp3) is 0.200. The van der Waals surface area contributed by atoms with Crippen LogP contribution in [0.3, 0.4) is 0 Å². The Hall–Kier alpha value is -1.93. The highest BCUT2D eigenvalue weighted by Crippen LogP contribution is 2.40. The molecule has 1 fully saturated rings. The lowest BCUT2D eigenvalue weighted by Gasteiger charge is -2.06. The van der Waals surface area contributed by atoms with Crippen LogP contribution in [0.25, 0.3) is 21.6 Å². The van der Waals surface area contributed by atoms with E-state index in [0.717, 1.165) is 21.9 Å². The van der Waals surface area contributed by atoms with Crippen LogP contribution in [0, 0.1) is 12.7 Å². The number of thiophene rings is 1. The van der Waals surface area contributed by atoms with Gasteiger partial charge in [0.1, 0.15) is 5.82 Å².